The van der Waals surface area contributed by atoms with Gasteiger partial charge in [-0.1, -0.05) is 19.9 Å². The molecule has 3 atom stereocenters. The molecule has 0 saturated heterocycles. The zero-order chi connectivity index (χ0) is 18.0. The van der Waals surface area contributed by atoms with Gasteiger partial charge in [-0.25, -0.2) is 4.98 Å². The Balaban J connectivity index is 1.67. The van der Waals surface area contributed by atoms with Gasteiger partial charge < -0.3 is 10.6 Å². The van der Waals surface area contributed by atoms with E-state index in [0.29, 0.717) is 35.2 Å². The van der Waals surface area contributed by atoms with Crippen LogP contribution in [0.25, 0.3) is 0 Å². The second-order valence-electron chi connectivity index (χ2n) is 6.60. The van der Waals surface area contributed by atoms with Gasteiger partial charge in [0.2, 0.25) is 5.91 Å². The van der Waals surface area contributed by atoms with Crippen molar-refractivity contribution in [2.45, 2.75) is 39.7 Å². The van der Waals surface area contributed by atoms with Crippen LogP contribution in [0, 0.1) is 18.8 Å². The number of H-pyrrole nitrogens is 1. The largest absolute Gasteiger partial charge is 0.342 e. The van der Waals surface area contributed by atoms with Crippen LogP contribution in [-0.4, -0.2) is 27.0 Å². The number of aromatic amines is 1. The average molecular weight is 341 g/mol. The van der Waals surface area contributed by atoms with E-state index in [1.807, 2.05) is 13.8 Å². The van der Waals surface area contributed by atoms with Gasteiger partial charge in [-0.3, -0.25) is 14.7 Å². The second kappa shape index (κ2) is 7.04. The number of aryl methyl sites for hydroxylation is 1. The van der Waals surface area contributed by atoms with E-state index in [4.69, 9.17) is 0 Å². The van der Waals surface area contributed by atoms with Gasteiger partial charge in [0.15, 0.2) is 5.82 Å². The van der Waals surface area contributed by atoms with Gasteiger partial charge in [0.05, 0.1) is 6.04 Å². The van der Waals surface area contributed by atoms with Crippen molar-refractivity contribution in [3.8, 4) is 0 Å². The van der Waals surface area contributed by atoms with Gasteiger partial charge >= 0.3 is 0 Å². The summed E-state index contributed by atoms with van der Waals surface area (Å²) < 4.78 is 0. The molecule has 2 amide bonds. The number of rotatable bonds is 6. The first kappa shape index (κ1) is 17.1. The molecule has 1 aromatic carbocycles. The zero-order valence-corrected chi connectivity index (χ0v) is 14.7. The number of anilines is 1. The van der Waals surface area contributed by atoms with E-state index in [2.05, 4.69) is 32.7 Å². The van der Waals surface area contributed by atoms with Crippen molar-refractivity contribution < 1.29 is 9.59 Å². The molecule has 25 heavy (non-hydrogen) atoms. The van der Waals surface area contributed by atoms with Crippen LogP contribution in [-0.2, 0) is 4.79 Å². The van der Waals surface area contributed by atoms with Gasteiger partial charge in [0.1, 0.15) is 5.82 Å². The van der Waals surface area contributed by atoms with Crippen molar-refractivity contribution in [2.75, 3.05) is 5.32 Å². The fraction of sp³-hybridized carbons (Fsp3) is 0.444. The Kier molecular flexibility index (Phi) is 4.83. The second-order valence-corrected chi connectivity index (χ2v) is 6.60. The third-order valence-electron chi connectivity index (χ3n) is 4.48. The fourth-order valence-corrected chi connectivity index (χ4v) is 2.77. The van der Waals surface area contributed by atoms with E-state index in [9.17, 15) is 9.59 Å². The average Bonchev–Trinajstić information content (AvgIpc) is 3.18. The summed E-state index contributed by atoms with van der Waals surface area (Å²) in [6, 6.07) is 6.70. The molecular formula is C18H23N5O2. The quantitative estimate of drug-likeness (QED) is 0.752. The molecule has 3 N–H and O–H groups in total. The van der Waals surface area contributed by atoms with E-state index in [0.717, 1.165) is 6.42 Å². The van der Waals surface area contributed by atoms with E-state index in [-0.39, 0.29) is 23.8 Å². The van der Waals surface area contributed by atoms with E-state index in [1.54, 1.807) is 24.3 Å². The number of aromatic nitrogens is 3. The van der Waals surface area contributed by atoms with Crippen molar-refractivity contribution in [3.63, 3.8) is 0 Å². The van der Waals surface area contributed by atoms with E-state index in [1.165, 1.54) is 0 Å². The predicted octanol–water partition coefficient (Wildman–Crippen LogP) is 2.59. The van der Waals surface area contributed by atoms with Crippen LogP contribution in [0.5, 0.6) is 0 Å². The van der Waals surface area contributed by atoms with Crippen LogP contribution in [0.1, 0.15) is 54.7 Å². The number of benzene rings is 1. The summed E-state index contributed by atoms with van der Waals surface area (Å²) in [4.78, 5) is 28.9. The molecule has 2 aromatic rings. The number of hydrogen-bond acceptors (Lipinski definition) is 4. The standard InChI is InChI=1S/C18H23N5O2/c1-4-15(16-19-11(3)22-23-16)21-17(24)12-6-5-7-13(9-12)20-18(25)14-8-10(14)2/h5-7,9-10,14-15H,4,8H2,1-3H3,(H,20,25)(H,21,24)(H,19,22,23)/t10-,14-,15+/m1/s1. The highest BCUT2D eigenvalue weighted by Crippen LogP contribution is 2.38. The molecule has 1 heterocycles. The fourth-order valence-electron chi connectivity index (χ4n) is 2.77. The van der Waals surface area contributed by atoms with Gasteiger partial charge in [0, 0.05) is 17.2 Å². The summed E-state index contributed by atoms with van der Waals surface area (Å²) in [6.07, 6.45) is 1.61. The number of hydrogen-bond donors (Lipinski definition) is 3. The topological polar surface area (TPSA) is 99.8 Å². The first-order valence-electron chi connectivity index (χ1n) is 8.58. The van der Waals surface area contributed by atoms with Gasteiger partial charge in [0.25, 0.3) is 5.91 Å². The molecule has 7 nitrogen and oxygen atoms in total. The maximum Gasteiger partial charge on any atom is 0.251 e. The highest BCUT2D eigenvalue weighted by Gasteiger charge is 2.39. The minimum absolute atomic E-state index is 0.0210. The Bertz CT molecular complexity index is 785. The molecule has 0 radical (unpaired) electrons. The Morgan fingerprint density at radius 2 is 2.16 bits per heavy atom. The molecule has 0 bridgehead atoms. The first-order chi connectivity index (χ1) is 12.0. The lowest BCUT2D eigenvalue weighted by Crippen LogP contribution is -2.29. The maximum atomic E-state index is 12.5. The third kappa shape index (κ3) is 4.04. The number of nitrogens with one attached hydrogen (secondary N) is 3. The Morgan fingerprint density at radius 1 is 1.40 bits per heavy atom. The minimum atomic E-state index is -0.261. The molecule has 0 spiro atoms. The lowest BCUT2D eigenvalue weighted by Gasteiger charge is -2.14. The van der Waals surface area contributed by atoms with Crippen molar-refractivity contribution in [1.82, 2.24) is 20.5 Å². The van der Waals surface area contributed by atoms with Crippen molar-refractivity contribution in [3.05, 3.63) is 41.5 Å². The summed E-state index contributed by atoms with van der Waals surface area (Å²) in [5, 5.41) is 12.7. The normalized spacial score (nSPS) is 20.0. The summed E-state index contributed by atoms with van der Waals surface area (Å²) >= 11 is 0. The Labute approximate surface area is 146 Å². The van der Waals surface area contributed by atoms with Crippen molar-refractivity contribution >= 4 is 17.5 Å². The summed E-state index contributed by atoms with van der Waals surface area (Å²) in [5.41, 5.74) is 1.13. The highest BCUT2D eigenvalue weighted by molar-refractivity contribution is 5.98. The smallest absolute Gasteiger partial charge is 0.251 e. The van der Waals surface area contributed by atoms with Crippen LogP contribution < -0.4 is 10.6 Å². The molecular weight excluding hydrogens is 318 g/mol. The molecule has 1 aliphatic carbocycles. The summed E-state index contributed by atoms with van der Waals surface area (Å²) in [6.45, 7) is 5.84. The van der Waals surface area contributed by atoms with Crippen LogP contribution in [0.15, 0.2) is 24.3 Å². The summed E-state index contributed by atoms with van der Waals surface area (Å²) in [7, 11) is 0. The van der Waals surface area contributed by atoms with Gasteiger partial charge in [-0.2, -0.15) is 5.10 Å². The first-order valence-corrected chi connectivity index (χ1v) is 8.58. The zero-order valence-electron chi connectivity index (χ0n) is 14.7. The highest BCUT2D eigenvalue weighted by atomic mass is 16.2. The lowest BCUT2D eigenvalue weighted by atomic mass is 10.1. The molecule has 1 fully saturated rings. The third-order valence-corrected chi connectivity index (χ3v) is 4.48. The monoisotopic (exact) mass is 341 g/mol. The van der Waals surface area contributed by atoms with Gasteiger partial charge in [-0.05, 0) is 43.9 Å². The van der Waals surface area contributed by atoms with Crippen LogP contribution in [0.4, 0.5) is 5.69 Å². The molecule has 0 unspecified atom stereocenters. The number of carbonyl (C=O) groups excluding carboxylic acids is 2. The molecule has 3 rings (SSSR count). The lowest BCUT2D eigenvalue weighted by molar-refractivity contribution is -0.117. The maximum absolute atomic E-state index is 12.5. The molecule has 1 saturated carbocycles. The molecule has 7 heteroatoms. The van der Waals surface area contributed by atoms with E-state index >= 15 is 0 Å². The summed E-state index contributed by atoms with van der Waals surface area (Å²) in [5.74, 6) is 1.62. The van der Waals surface area contributed by atoms with Crippen LogP contribution in [0.3, 0.4) is 0 Å². The van der Waals surface area contributed by atoms with Gasteiger partial charge in [-0.15, -0.1) is 0 Å². The van der Waals surface area contributed by atoms with Crippen LogP contribution in [0.2, 0.25) is 0 Å². The molecule has 1 aliphatic rings. The van der Waals surface area contributed by atoms with Crippen LogP contribution >= 0.6 is 0 Å². The Hall–Kier alpha value is -2.70. The van der Waals surface area contributed by atoms with Crippen molar-refractivity contribution in [1.29, 1.82) is 0 Å². The molecule has 0 aliphatic heterocycles. The molecule has 1 aromatic heterocycles. The predicted molar refractivity (Wildman–Crippen MR) is 94.0 cm³/mol. The SMILES string of the molecule is CC[C@H](NC(=O)c1cccc(NC(=O)[C@@H]2C[C@H]2C)c1)c1n[nH]c(C)n1. The number of carbonyl (C=O) groups is 2. The van der Waals surface area contributed by atoms with E-state index < -0.39 is 0 Å². The Morgan fingerprint density at radius 3 is 2.76 bits per heavy atom. The minimum Gasteiger partial charge on any atom is -0.342 e. The number of amides is 2. The molecule has 132 valence electrons. The number of nitrogens with zero attached hydrogens (tertiary/aromatic N) is 2. The van der Waals surface area contributed by atoms with Crippen molar-refractivity contribution in [2.24, 2.45) is 11.8 Å².